The second kappa shape index (κ2) is 9.98. The van der Waals surface area contributed by atoms with E-state index in [0.717, 1.165) is 0 Å². The molecule has 156 valence electrons. The first-order valence-electron chi connectivity index (χ1n) is 9.48. The molecule has 3 aromatic carbocycles. The number of non-ortho nitro benzene ring substituents is 1. The van der Waals surface area contributed by atoms with Gasteiger partial charge in [-0.2, -0.15) is 0 Å². The molecule has 0 aliphatic rings. The summed E-state index contributed by atoms with van der Waals surface area (Å²) >= 11 is 0. The average molecular weight is 417 g/mol. The van der Waals surface area contributed by atoms with Gasteiger partial charge in [0.05, 0.1) is 17.1 Å². The highest BCUT2D eigenvalue weighted by Gasteiger charge is 2.11. The van der Waals surface area contributed by atoms with Crippen LogP contribution in [0.2, 0.25) is 0 Å². The summed E-state index contributed by atoms with van der Waals surface area (Å²) in [5, 5.41) is 10.9. The number of hydrogen-bond donors (Lipinski definition) is 0. The molecule has 0 aromatic heterocycles. The number of carbonyl (C=O) groups is 2. The molecule has 0 fully saturated rings. The smallest absolute Gasteiger partial charge is 0.343 e. The van der Waals surface area contributed by atoms with Gasteiger partial charge in [-0.15, -0.1) is 0 Å². The Balaban J connectivity index is 1.68. The van der Waals surface area contributed by atoms with Crippen LogP contribution in [-0.4, -0.2) is 23.3 Å². The van der Waals surface area contributed by atoms with Gasteiger partial charge in [0, 0.05) is 17.7 Å². The number of ether oxygens (including phenoxy) is 2. The predicted octanol–water partition coefficient (Wildman–Crippen LogP) is 5.11. The van der Waals surface area contributed by atoms with E-state index in [2.05, 4.69) is 0 Å². The number of hydrogen-bond acceptors (Lipinski definition) is 6. The van der Waals surface area contributed by atoms with Gasteiger partial charge in [0.1, 0.15) is 11.5 Å². The van der Waals surface area contributed by atoms with Crippen LogP contribution >= 0.6 is 0 Å². The minimum atomic E-state index is -0.553. The monoisotopic (exact) mass is 417 g/mol. The second-order valence-corrected chi connectivity index (χ2v) is 6.42. The van der Waals surface area contributed by atoms with Crippen molar-refractivity contribution in [3.63, 3.8) is 0 Å². The molecule has 7 nitrogen and oxygen atoms in total. The normalized spacial score (nSPS) is 10.6. The summed E-state index contributed by atoms with van der Waals surface area (Å²) in [4.78, 5) is 35.0. The summed E-state index contributed by atoms with van der Waals surface area (Å²) in [6.07, 6.45) is 2.86. The van der Waals surface area contributed by atoms with E-state index in [1.54, 1.807) is 54.6 Å². The Morgan fingerprint density at radius 3 is 2.39 bits per heavy atom. The Morgan fingerprint density at radius 1 is 0.935 bits per heavy atom. The van der Waals surface area contributed by atoms with E-state index in [0.29, 0.717) is 29.2 Å². The Bertz CT molecular complexity index is 1130. The molecule has 7 heteroatoms. The lowest BCUT2D eigenvalue weighted by molar-refractivity contribution is -0.384. The fourth-order valence-electron chi connectivity index (χ4n) is 2.74. The van der Waals surface area contributed by atoms with Crippen molar-refractivity contribution in [2.24, 2.45) is 0 Å². The van der Waals surface area contributed by atoms with Gasteiger partial charge in [-0.1, -0.05) is 30.3 Å². The minimum Gasteiger partial charge on any atom is -0.494 e. The van der Waals surface area contributed by atoms with E-state index in [1.807, 2.05) is 6.92 Å². The third kappa shape index (κ3) is 5.86. The summed E-state index contributed by atoms with van der Waals surface area (Å²) in [5.74, 6) is 0.0979. The van der Waals surface area contributed by atoms with Gasteiger partial charge >= 0.3 is 5.97 Å². The van der Waals surface area contributed by atoms with E-state index < -0.39 is 10.9 Å². The molecule has 0 aliphatic carbocycles. The molecule has 31 heavy (non-hydrogen) atoms. The van der Waals surface area contributed by atoms with E-state index in [1.165, 1.54) is 30.3 Å². The van der Waals surface area contributed by atoms with Gasteiger partial charge in [0.15, 0.2) is 5.78 Å². The SMILES string of the molecule is CCOc1ccc(C(=O)Oc2cccc(/C=C/C(=O)c3cccc([N+](=O)[O-])c3)c2)cc1. The van der Waals surface area contributed by atoms with Gasteiger partial charge in [-0.3, -0.25) is 14.9 Å². The second-order valence-electron chi connectivity index (χ2n) is 6.42. The predicted molar refractivity (Wildman–Crippen MR) is 115 cm³/mol. The van der Waals surface area contributed by atoms with Crippen molar-refractivity contribution in [3.05, 3.63) is 106 Å². The zero-order valence-electron chi connectivity index (χ0n) is 16.7. The number of esters is 1. The van der Waals surface area contributed by atoms with Crippen LogP contribution in [0.3, 0.4) is 0 Å². The minimum absolute atomic E-state index is 0.151. The quantitative estimate of drug-likeness (QED) is 0.126. The highest BCUT2D eigenvalue weighted by atomic mass is 16.6. The van der Waals surface area contributed by atoms with Crippen molar-refractivity contribution in [2.45, 2.75) is 6.92 Å². The summed E-state index contributed by atoms with van der Waals surface area (Å²) in [5.41, 5.74) is 1.08. The number of benzene rings is 3. The molecule has 0 heterocycles. The molecule has 0 N–H and O–H groups in total. The maximum atomic E-state index is 12.3. The molecule has 0 spiro atoms. The van der Waals surface area contributed by atoms with E-state index in [9.17, 15) is 19.7 Å². The van der Waals surface area contributed by atoms with Crippen molar-refractivity contribution in [3.8, 4) is 11.5 Å². The van der Waals surface area contributed by atoms with Crippen LogP contribution in [-0.2, 0) is 0 Å². The van der Waals surface area contributed by atoms with Crippen LogP contribution in [0.5, 0.6) is 11.5 Å². The molecule has 3 aromatic rings. The zero-order chi connectivity index (χ0) is 22.2. The topological polar surface area (TPSA) is 95.7 Å². The number of nitrogens with zero attached hydrogens (tertiary/aromatic N) is 1. The van der Waals surface area contributed by atoms with Crippen molar-refractivity contribution < 1.29 is 24.0 Å². The summed E-state index contributed by atoms with van der Waals surface area (Å²) < 4.78 is 10.8. The Morgan fingerprint density at radius 2 is 1.68 bits per heavy atom. The number of allylic oxidation sites excluding steroid dienone is 1. The van der Waals surface area contributed by atoms with Crippen LogP contribution in [0.4, 0.5) is 5.69 Å². The first kappa shape index (κ1) is 21.4. The third-order valence-corrected chi connectivity index (χ3v) is 4.24. The number of nitro benzene ring substituents is 1. The van der Waals surface area contributed by atoms with Gasteiger partial charge in [0.2, 0.25) is 0 Å². The number of rotatable bonds is 8. The van der Waals surface area contributed by atoms with Crippen molar-refractivity contribution >= 4 is 23.5 Å². The highest BCUT2D eigenvalue weighted by Crippen LogP contribution is 2.19. The van der Waals surface area contributed by atoms with Crippen molar-refractivity contribution in [2.75, 3.05) is 6.61 Å². The molecule has 0 atom stereocenters. The molecule has 0 bridgehead atoms. The Labute approximate surface area is 178 Å². The van der Waals surface area contributed by atoms with Crippen molar-refractivity contribution in [1.29, 1.82) is 0 Å². The van der Waals surface area contributed by atoms with Crippen LogP contribution in [0.15, 0.2) is 78.9 Å². The maximum absolute atomic E-state index is 12.3. The van der Waals surface area contributed by atoms with Crippen LogP contribution < -0.4 is 9.47 Å². The molecule has 0 radical (unpaired) electrons. The number of carbonyl (C=O) groups excluding carboxylic acids is 2. The lowest BCUT2D eigenvalue weighted by Gasteiger charge is -2.06. The number of nitro groups is 1. The van der Waals surface area contributed by atoms with Crippen molar-refractivity contribution in [1.82, 2.24) is 0 Å². The lowest BCUT2D eigenvalue weighted by Crippen LogP contribution is -2.08. The molecule has 0 aliphatic heterocycles. The summed E-state index contributed by atoms with van der Waals surface area (Å²) in [7, 11) is 0. The van der Waals surface area contributed by atoms with Gasteiger partial charge in [0.25, 0.3) is 5.69 Å². The van der Waals surface area contributed by atoms with Crippen LogP contribution in [0.1, 0.15) is 33.2 Å². The fraction of sp³-hybridized carbons (Fsp3) is 0.0833. The average Bonchev–Trinajstić information content (AvgIpc) is 2.78. The Hall–Kier alpha value is -4.26. The number of ketones is 1. The molecule has 0 amide bonds. The molecular weight excluding hydrogens is 398 g/mol. The first-order chi connectivity index (χ1) is 15.0. The van der Waals surface area contributed by atoms with E-state index in [-0.39, 0.29) is 17.0 Å². The van der Waals surface area contributed by atoms with Crippen LogP contribution in [0, 0.1) is 10.1 Å². The zero-order valence-corrected chi connectivity index (χ0v) is 16.7. The molecular formula is C24H19NO6. The molecule has 0 unspecified atom stereocenters. The lowest BCUT2D eigenvalue weighted by atomic mass is 10.1. The van der Waals surface area contributed by atoms with Gasteiger partial charge in [-0.25, -0.2) is 4.79 Å². The first-order valence-corrected chi connectivity index (χ1v) is 9.48. The third-order valence-electron chi connectivity index (χ3n) is 4.24. The van der Waals surface area contributed by atoms with Crippen LogP contribution in [0.25, 0.3) is 6.08 Å². The van der Waals surface area contributed by atoms with Gasteiger partial charge < -0.3 is 9.47 Å². The van der Waals surface area contributed by atoms with E-state index in [4.69, 9.17) is 9.47 Å². The highest BCUT2D eigenvalue weighted by molar-refractivity contribution is 6.07. The molecule has 3 rings (SSSR count). The Kier molecular flexibility index (Phi) is 6.90. The standard InChI is InChI=1S/C24H19NO6/c1-2-30-21-12-10-18(11-13-21)24(27)31-22-8-3-5-17(15-22)9-14-23(26)19-6-4-7-20(16-19)25(28)29/h3-16H,2H2,1H3/b14-9+. The largest absolute Gasteiger partial charge is 0.494 e. The summed E-state index contributed by atoms with van der Waals surface area (Å²) in [6, 6.07) is 18.8. The maximum Gasteiger partial charge on any atom is 0.343 e. The van der Waals surface area contributed by atoms with Gasteiger partial charge in [-0.05, 0) is 55.0 Å². The summed E-state index contributed by atoms with van der Waals surface area (Å²) in [6.45, 7) is 2.41. The fourth-order valence-corrected chi connectivity index (χ4v) is 2.74. The molecule has 0 saturated heterocycles. The van der Waals surface area contributed by atoms with E-state index >= 15 is 0 Å². The molecule has 0 saturated carbocycles.